The summed E-state index contributed by atoms with van der Waals surface area (Å²) in [5.74, 6) is -0.205. The van der Waals surface area contributed by atoms with E-state index >= 15 is 0 Å². The maximum Gasteiger partial charge on any atom is 0.397 e. The van der Waals surface area contributed by atoms with Crippen LogP contribution in [0.5, 0.6) is 0 Å². The zero-order valence-electron chi connectivity index (χ0n) is 11.3. The third kappa shape index (κ3) is 4.35. The van der Waals surface area contributed by atoms with Crippen LogP contribution >= 0.6 is 0 Å². The van der Waals surface area contributed by atoms with Crippen LogP contribution in [0, 0.1) is 5.92 Å². The molecule has 1 rings (SSSR count). The Morgan fingerprint density at radius 3 is 2.11 bits per heavy atom. The predicted molar refractivity (Wildman–Crippen MR) is 63.9 cm³/mol. The molecule has 1 aliphatic rings. The lowest BCUT2D eigenvalue weighted by Crippen LogP contribution is -2.56. The van der Waals surface area contributed by atoms with E-state index in [4.69, 9.17) is 23.5 Å². The molecule has 1 unspecified atom stereocenters. The van der Waals surface area contributed by atoms with E-state index in [0.717, 1.165) is 0 Å². The fourth-order valence-electron chi connectivity index (χ4n) is 2.17. The molecule has 0 amide bonds. The molecule has 9 heteroatoms. The molecule has 8 nitrogen and oxygen atoms in total. The van der Waals surface area contributed by atoms with Crippen LogP contribution in [0.4, 0.5) is 0 Å². The topological polar surface area (TPSA) is 101 Å². The highest BCUT2D eigenvalue weighted by molar-refractivity contribution is 7.80. The van der Waals surface area contributed by atoms with Crippen LogP contribution in [-0.2, 0) is 33.5 Å². The summed E-state index contributed by atoms with van der Waals surface area (Å²) in [6, 6.07) is 0. The van der Waals surface area contributed by atoms with Gasteiger partial charge in [0, 0.05) is 27.2 Å². The number of hydrogen-bond acceptors (Lipinski definition) is 7. The molecule has 1 fully saturated rings. The van der Waals surface area contributed by atoms with Crippen molar-refractivity contribution < 1.29 is 36.1 Å². The number of rotatable bonds is 6. The van der Waals surface area contributed by atoms with Crippen molar-refractivity contribution >= 4 is 10.4 Å². The van der Waals surface area contributed by atoms with Crippen LogP contribution < -0.4 is 0 Å². The van der Waals surface area contributed by atoms with Crippen molar-refractivity contribution in [2.24, 2.45) is 5.92 Å². The van der Waals surface area contributed by atoms with E-state index in [1.807, 2.05) is 6.92 Å². The molecule has 0 saturated carbocycles. The van der Waals surface area contributed by atoms with Gasteiger partial charge in [0.05, 0.1) is 18.8 Å². The summed E-state index contributed by atoms with van der Waals surface area (Å²) in [7, 11) is -0.0353. The second-order valence-corrected chi connectivity index (χ2v) is 5.34. The van der Waals surface area contributed by atoms with E-state index in [9.17, 15) is 8.42 Å². The van der Waals surface area contributed by atoms with Crippen LogP contribution in [0.1, 0.15) is 6.92 Å². The first-order valence-corrected chi connectivity index (χ1v) is 7.06. The van der Waals surface area contributed by atoms with Gasteiger partial charge in [0.15, 0.2) is 6.29 Å². The largest absolute Gasteiger partial charge is 0.397 e. The van der Waals surface area contributed by atoms with Gasteiger partial charge in [-0.15, -0.1) is 0 Å². The van der Waals surface area contributed by atoms with Crippen LogP contribution in [-0.4, -0.2) is 65.5 Å². The summed E-state index contributed by atoms with van der Waals surface area (Å²) < 4.78 is 55.4. The molecule has 0 bridgehead atoms. The van der Waals surface area contributed by atoms with Crippen LogP contribution in [0.25, 0.3) is 0 Å². The summed E-state index contributed by atoms with van der Waals surface area (Å²) in [4.78, 5) is 0. The predicted octanol–water partition coefficient (Wildman–Crippen LogP) is -0.157. The second-order valence-electron chi connectivity index (χ2n) is 4.25. The van der Waals surface area contributed by atoms with E-state index in [1.165, 1.54) is 21.3 Å². The fraction of sp³-hybridized carbons (Fsp3) is 1.00. The molecular weight excluding hydrogens is 280 g/mol. The molecular formula is C10H20O8S. The molecule has 0 aromatic rings. The Morgan fingerprint density at radius 2 is 1.68 bits per heavy atom. The van der Waals surface area contributed by atoms with Gasteiger partial charge in [-0.2, -0.15) is 8.42 Å². The quantitative estimate of drug-likeness (QED) is 0.676. The van der Waals surface area contributed by atoms with Crippen LogP contribution in [0.15, 0.2) is 0 Å². The SMILES string of the molecule is CO[C@@H]1OC(COS(=O)(=O)O)[C@H](C)[C@H](OC)[C@@H]1OC. The Kier molecular flexibility index (Phi) is 6.12. The van der Waals surface area contributed by atoms with Crippen molar-refractivity contribution in [1.82, 2.24) is 0 Å². The van der Waals surface area contributed by atoms with E-state index in [0.29, 0.717) is 0 Å². The van der Waals surface area contributed by atoms with E-state index < -0.39 is 28.9 Å². The lowest BCUT2D eigenvalue weighted by Gasteiger charge is -2.43. The minimum Gasteiger partial charge on any atom is -0.378 e. The van der Waals surface area contributed by atoms with Gasteiger partial charge in [0.1, 0.15) is 6.10 Å². The highest BCUT2D eigenvalue weighted by Gasteiger charge is 2.45. The molecule has 114 valence electrons. The number of methoxy groups -OCH3 is 3. The van der Waals surface area contributed by atoms with Gasteiger partial charge in [-0.05, 0) is 0 Å². The third-order valence-electron chi connectivity index (χ3n) is 3.16. The van der Waals surface area contributed by atoms with Gasteiger partial charge in [-0.25, -0.2) is 4.18 Å². The average molecular weight is 300 g/mol. The van der Waals surface area contributed by atoms with Gasteiger partial charge < -0.3 is 18.9 Å². The van der Waals surface area contributed by atoms with Crippen LogP contribution in [0.2, 0.25) is 0 Å². The van der Waals surface area contributed by atoms with Crippen molar-refractivity contribution in [1.29, 1.82) is 0 Å². The monoisotopic (exact) mass is 300 g/mol. The normalized spacial score (nSPS) is 36.4. The van der Waals surface area contributed by atoms with Gasteiger partial charge in [0.2, 0.25) is 0 Å². The molecule has 0 aromatic heterocycles. The van der Waals surface area contributed by atoms with E-state index in [-0.39, 0.29) is 18.6 Å². The molecule has 19 heavy (non-hydrogen) atoms. The average Bonchev–Trinajstić information content (AvgIpc) is 2.35. The molecule has 0 spiro atoms. The lowest BCUT2D eigenvalue weighted by molar-refractivity contribution is -0.288. The Morgan fingerprint density at radius 1 is 1.11 bits per heavy atom. The Bertz CT molecular complexity index is 370. The molecule has 1 N–H and O–H groups in total. The zero-order chi connectivity index (χ0) is 14.6. The summed E-state index contributed by atoms with van der Waals surface area (Å²) >= 11 is 0. The molecule has 1 heterocycles. The minimum atomic E-state index is -4.51. The van der Waals surface area contributed by atoms with Crippen molar-refractivity contribution in [3.63, 3.8) is 0 Å². The minimum absolute atomic E-state index is 0.205. The molecule has 5 atom stereocenters. The Hall–Kier alpha value is -0.290. The lowest BCUT2D eigenvalue weighted by atomic mass is 9.90. The van der Waals surface area contributed by atoms with E-state index in [2.05, 4.69) is 4.18 Å². The number of hydrogen-bond donors (Lipinski definition) is 1. The summed E-state index contributed by atoms with van der Waals surface area (Å²) in [6.45, 7) is 1.49. The molecule has 0 radical (unpaired) electrons. The third-order valence-corrected chi connectivity index (χ3v) is 3.60. The van der Waals surface area contributed by atoms with Crippen molar-refractivity contribution in [2.45, 2.75) is 31.5 Å². The van der Waals surface area contributed by atoms with Gasteiger partial charge in [-0.3, -0.25) is 4.55 Å². The second kappa shape index (κ2) is 6.93. The molecule has 1 saturated heterocycles. The maximum atomic E-state index is 10.6. The summed E-state index contributed by atoms with van der Waals surface area (Å²) in [5, 5.41) is 0. The van der Waals surface area contributed by atoms with Gasteiger partial charge >= 0.3 is 10.4 Å². The van der Waals surface area contributed by atoms with Crippen molar-refractivity contribution in [2.75, 3.05) is 27.9 Å². The standard InChI is InChI=1S/C10H20O8S/c1-6-7(5-17-19(11,12)13)18-10(16-4)9(15-3)8(6)14-2/h6-10H,5H2,1-4H3,(H,11,12,13)/t6-,7?,8-,9-,10+/m0/s1. The van der Waals surface area contributed by atoms with Crippen molar-refractivity contribution in [3.05, 3.63) is 0 Å². The first-order valence-electron chi connectivity index (χ1n) is 5.69. The molecule has 0 aromatic carbocycles. The Balaban J connectivity index is 2.78. The summed E-state index contributed by atoms with van der Waals surface area (Å²) in [5.41, 5.74) is 0. The highest BCUT2D eigenvalue weighted by atomic mass is 32.3. The number of ether oxygens (including phenoxy) is 4. The molecule has 1 aliphatic heterocycles. The van der Waals surface area contributed by atoms with Gasteiger partial charge in [-0.1, -0.05) is 6.92 Å². The first-order chi connectivity index (χ1) is 8.84. The van der Waals surface area contributed by atoms with Gasteiger partial charge in [0.25, 0.3) is 0 Å². The maximum absolute atomic E-state index is 10.6. The van der Waals surface area contributed by atoms with E-state index in [1.54, 1.807) is 0 Å². The Labute approximate surface area is 112 Å². The first kappa shape index (κ1) is 16.8. The molecule has 0 aliphatic carbocycles. The highest BCUT2D eigenvalue weighted by Crippen LogP contribution is 2.30. The smallest absolute Gasteiger partial charge is 0.378 e. The van der Waals surface area contributed by atoms with Crippen molar-refractivity contribution in [3.8, 4) is 0 Å². The fourth-order valence-corrected chi connectivity index (χ4v) is 2.47. The van der Waals surface area contributed by atoms with Crippen LogP contribution in [0.3, 0.4) is 0 Å². The summed E-state index contributed by atoms with van der Waals surface area (Å²) in [6.07, 6.45) is -2.10. The zero-order valence-corrected chi connectivity index (χ0v) is 12.1.